The molecule has 2 nitrogen and oxygen atoms in total. The van der Waals surface area contributed by atoms with E-state index in [4.69, 9.17) is 0 Å². The first-order chi connectivity index (χ1) is 8.68. The van der Waals surface area contributed by atoms with Gasteiger partial charge in [0, 0.05) is 5.75 Å². The van der Waals surface area contributed by atoms with E-state index in [0.29, 0.717) is 5.92 Å². The van der Waals surface area contributed by atoms with Gasteiger partial charge in [-0.15, -0.1) is 0 Å². The van der Waals surface area contributed by atoms with Gasteiger partial charge in [-0.05, 0) is 24.3 Å². The lowest BCUT2D eigenvalue weighted by molar-refractivity contribution is 0.526. The average Bonchev–Trinajstić information content (AvgIpc) is 2.44. The van der Waals surface area contributed by atoms with Crippen molar-refractivity contribution in [3.8, 4) is 6.07 Å². The number of hydrogen-bond donors (Lipinski definition) is 1. The summed E-state index contributed by atoms with van der Waals surface area (Å²) in [6.45, 7) is 4.46. The minimum atomic E-state index is -0.570. The van der Waals surface area contributed by atoms with Crippen LogP contribution in [0.5, 0.6) is 0 Å². The van der Waals surface area contributed by atoms with E-state index in [1.165, 1.54) is 6.42 Å². The van der Waals surface area contributed by atoms with Crippen LogP contribution in [-0.2, 0) is 5.54 Å². The van der Waals surface area contributed by atoms with Gasteiger partial charge in [0.25, 0.3) is 0 Å². The summed E-state index contributed by atoms with van der Waals surface area (Å²) in [5.74, 6) is 2.60. The van der Waals surface area contributed by atoms with Gasteiger partial charge in [-0.25, -0.2) is 0 Å². The molecule has 18 heavy (non-hydrogen) atoms. The zero-order chi connectivity index (χ0) is 13.4. The van der Waals surface area contributed by atoms with Crippen LogP contribution in [-0.4, -0.2) is 18.6 Å². The molecule has 0 saturated carbocycles. The molecule has 0 heterocycles. The molecule has 0 spiro atoms. The molecule has 2 unspecified atom stereocenters. The molecule has 1 rings (SSSR count). The quantitative estimate of drug-likeness (QED) is 0.818. The third-order valence-electron chi connectivity index (χ3n) is 3.30. The Kier molecular flexibility index (Phi) is 6.24. The molecule has 0 aliphatic rings. The van der Waals surface area contributed by atoms with E-state index in [1.54, 1.807) is 0 Å². The van der Waals surface area contributed by atoms with Crippen molar-refractivity contribution in [3.05, 3.63) is 35.9 Å². The lowest BCUT2D eigenvalue weighted by Gasteiger charge is -2.26. The smallest absolute Gasteiger partial charge is 0.141 e. The number of benzene rings is 1. The lowest BCUT2D eigenvalue weighted by Crippen LogP contribution is -2.41. The Bertz CT molecular complexity index is 385. The van der Waals surface area contributed by atoms with E-state index < -0.39 is 5.54 Å². The van der Waals surface area contributed by atoms with Gasteiger partial charge in [0.1, 0.15) is 5.54 Å². The molecule has 0 saturated heterocycles. The highest BCUT2D eigenvalue weighted by atomic mass is 32.2. The topological polar surface area (TPSA) is 35.8 Å². The molecule has 0 aliphatic carbocycles. The standard InChI is InChI=1S/C15H22N2S/c1-4-13(2)10-18-12-15(11-16,17-3)14-8-6-5-7-9-14/h5-9,13,17H,4,10,12H2,1-3H3. The Morgan fingerprint density at radius 2 is 2.06 bits per heavy atom. The number of nitrogens with one attached hydrogen (secondary N) is 1. The first kappa shape index (κ1) is 15.1. The second kappa shape index (κ2) is 7.45. The van der Waals surface area contributed by atoms with Gasteiger partial charge in [-0.2, -0.15) is 17.0 Å². The normalized spacial score (nSPS) is 15.7. The number of nitrogens with zero attached hydrogens (tertiary/aromatic N) is 1. The Balaban J connectivity index is 2.73. The third kappa shape index (κ3) is 3.76. The molecule has 2 atom stereocenters. The second-order valence-corrected chi connectivity index (χ2v) is 5.69. The molecule has 3 heteroatoms. The fourth-order valence-corrected chi connectivity index (χ4v) is 3.14. The minimum absolute atomic E-state index is 0.570. The van der Waals surface area contributed by atoms with Crippen molar-refractivity contribution < 1.29 is 0 Å². The van der Waals surface area contributed by atoms with Gasteiger partial charge in [0.2, 0.25) is 0 Å². The van der Waals surface area contributed by atoms with Crippen LogP contribution >= 0.6 is 11.8 Å². The zero-order valence-electron chi connectivity index (χ0n) is 11.4. The predicted molar refractivity (Wildman–Crippen MR) is 79.6 cm³/mol. The van der Waals surface area contributed by atoms with E-state index in [9.17, 15) is 5.26 Å². The third-order valence-corrected chi connectivity index (χ3v) is 4.74. The number of hydrogen-bond acceptors (Lipinski definition) is 3. The van der Waals surface area contributed by atoms with Gasteiger partial charge in [-0.3, -0.25) is 5.32 Å². The molecule has 1 aromatic rings. The van der Waals surface area contributed by atoms with Crippen LogP contribution in [0.1, 0.15) is 25.8 Å². The van der Waals surface area contributed by atoms with Crippen molar-refractivity contribution in [3.63, 3.8) is 0 Å². The summed E-state index contributed by atoms with van der Waals surface area (Å²) in [6, 6.07) is 12.4. The highest BCUT2D eigenvalue weighted by Gasteiger charge is 2.30. The Morgan fingerprint density at radius 1 is 1.39 bits per heavy atom. The van der Waals surface area contributed by atoms with Gasteiger partial charge >= 0.3 is 0 Å². The molecule has 0 amide bonds. The fourth-order valence-electron chi connectivity index (χ4n) is 1.71. The molecular weight excluding hydrogens is 240 g/mol. The predicted octanol–water partition coefficient (Wildman–Crippen LogP) is 3.40. The van der Waals surface area contributed by atoms with Crippen LogP contribution in [0.15, 0.2) is 30.3 Å². The summed E-state index contributed by atoms with van der Waals surface area (Å²) in [7, 11) is 1.86. The van der Waals surface area contributed by atoms with Crippen molar-refractivity contribution in [2.75, 3.05) is 18.6 Å². The molecule has 1 aromatic carbocycles. The maximum Gasteiger partial charge on any atom is 0.141 e. The Morgan fingerprint density at radius 3 is 2.56 bits per heavy atom. The molecule has 0 aromatic heterocycles. The van der Waals surface area contributed by atoms with E-state index >= 15 is 0 Å². The van der Waals surface area contributed by atoms with Crippen LogP contribution in [0.3, 0.4) is 0 Å². The van der Waals surface area contributed by atoms with Crippen LogP contribution in [0.4, 0.5) is 0 Å². The number of thioether (sulfide) groups is 1. The minimum Gasteiger partial charge on any atom is -0.298 e. The number of rotatable bonds is 7. The highest BCUT2D eigenvalue weighted by Crippen LogP contribution is 2.26. The summed E-state index contributed by atoms with van der Waals surface area (Å²) in [6.07, 6.45) is 1.19. The van der Waals surface area contributed by atoms with Crippen molar-refractivity contribution in [2.45, 2.75) is 25.8 Å². The van der Waals surface area contributed by atoms with E-state index in [0.717, 1.165) is 17.1 Å². The molecule has 0 radical (unpaired) electrons. The zero-order valence-corrected chi connectivity index (χ0v) is 12.3. The molecular formula is C15H22N2S. The van der Waals surface area contributed by atoms with Crippen LogP contribution in [0, 0.1) is 17.2 Å². The molecule has 1 N–H and O–H groups in total. The van der Waals surface area contributed by atoms with E-state index in [2.05, 4.69) is 25.2 Å². The molecule has 0 aliphatic heterocycles. The van der Waals surface area contributed by atoms with Gasteiger partial charge in [0.15, 0.2) is 0 Å². The van der Waals surface area contributed by atoms with E-state index in [1.807, 2.05) is 49.1 Å². The SMILES string of the molecule is CCC(C)CSCC(C#N)(NC)c1ccccc1. The van der Waals surface area contributed by atoms with Gasteiger partial charge < -0.3 is 0 Å². The van der Waals surface area contributed by atoms with Crippen molar-refractivity contribution in [2.24, 2.45) is 5.92 Å². The maximum absolute atomic E-state index is 9.53. The molecule has 98 valence electrons. The summed E-state index contributed by atoms with van der Waals surface area (Å²) in [4.78, 5) is 0. The monoisotopic (exact) mass is 262 g/mol. The van der Waals surface area contributed by atoms with Crippen LogP contribution in [0.25, 0.3) is 0 Å². The van der Waals surface area contributed by atoms with Crippen molar-refractivity contribution in [1.82, 2.24) is 5.32 Å². The van der Waals surface area contributed by atoms with E-state index in [-0.39, 0.29) is 0 Å². The summed E-state index contributed by atoms with van der Waals surface area (Å²) in [5.41, 5.74) is 0.478. The van der Waals surface area contributed by atoms with Gasteiger partial charge in [-0.1, -0.05) is 50.6 Å². The highest BCUT2D eigenvalue weighted by molar-refractivity contribution is 7.99. The lowest BCUT2D eigenvalue weighted by atomic mass is 9.94. The van der Waals surface area contributed by atoms with Gasteiger partial charge in [0.05, 0.1) is 6.07 Å². The average molecular weight is 262 g/mol. The molecule has 0 fully saturated rings. The number of nitriles is 1. The first-order valence-electron chi connectivity index (χ1n) is 6.42. The maximum atomic E-state index is 9.53. The first-order valence-corrected chi connectivity index (χ1v) is 7.57. The largest absolute Gasteiger partial charge is 0.298 e. The molecule has 0 bridgehead atoms. The Hall–Kier alpha value is -0.980. The summed E-state index contributed by atoms with van der Waals surface area (Å²) < 4.78 is 0. The van der Waals surface area contributed by atoms with Crippen molar-refractivity contribution >= 4 is 11.8 Å². The fraction of sp³-hybridized carbons (Fsp3) is 0.533. The summed E-state index contributed by atoms with van der Waals surface area (Å²) >= 11 is 1.85. The van der Waals surface area contributed by atoms with Crippen molar-refractivity contribution in [1.29, 1.82) is 5.26 Å². The van der Waals surface area contributed by atoms with Crippen LogP contribution < -0.4 is 5.32 Å². The van der Waals surface area contributed by atoms with Crippen LogP contribution in [0.2, 0.25) is 0 Å². The summed E-state index contributed by atoms with van der Waals surface area (Å²) in [5, 5.41) is 12.7. The second-order valence-electron chi connectivity index (χ2n) is 4.66. The Labute approximate surface area is 115 Å².